The van der Waals surface area contributed by atoms with Gasteiger partial charge in [0.2, 0.25) is 5.91 Å². The van der Waals surface area contributed by atoms with Crippen molar-refractivity contribution in [3.05, 3.63) is 58.6 Å². The molecule has 2 saturated carbocycles. The van der Waals surface area contributed by atoms with Crippen LogP contribution in [0.1, 0.15) is 49.4 Å². The smallest absolute Gasteiger partial charge is 0.255 e. The van der Waals surface area contributed by atoms with Gasteiger partial charge in [-0.2, -0.15) is 0 Å². The van der Waals surface area contributed by atoms with Crippen molar-refractivity contribution in [3.63, 3.8) is 0 Å². The van der Waals surface area contributed by atoms with Gasteiger partial charge in [0.1, 0.15) is 0 Å². The number of rotatable bonds is 8. The Morgan fingerprint density at radius 1 is 1.11 bits per heavy atom. The predicted molar refractivity (Wildman–Crippen MR) is 136 cm³/mol. The number of aliphatic hydroxyl groups is 2. The highest BCUT2D eigenvalue weighted by atomic mass is 35.5. The van der Waals surface area contributed by atoms with E-state index in [9.17, 15) is 37.0 Å². The number of fused-ring (bicyclic) bond motifs is 2. The maximum absolute atomic E-state index is 13.7. The van der Waals surface area contributed by atoms with Crippen LogP contribution in [-0.2, 0) is 14.6 Å². The van der Waals surface area contributed by atoms with Crippen molar-refractivity contribution in [2.75, 3.05) is 11.9 Å². The molecular weight excluding hydrogens is 542 g/mol. The molecule has 0 aliphatic heterocycles. The van der Waals surface area contributed by atoms with Crippen molar-refractivity contribution in [2.24, 2.45) is 11.8 Å². The molecule has 2 aliphatic rings. The van der Waals surface area contributed by atoms with E-state index in [1.165, 1.54) is 25.1 Å². The van der Waals surface area contributed by atoms with E-state index >= 15 is 0 Å². The number of halogens is 3. The predicted octanol–water partition coefficient (Wildman–Crippen LogP) is 3.45. The fraction of sp³-hybridized carbons (Fsp3) is 0.462. The van der Waals surface area contributed by atoms with Gasteiger partial charge < -0.3 is 20.8 Å². The second-order valence-corrected chi connectivity index (χ2v) is 12.8. The lowest BCUT2D eigenvalue weighted by Gasteiger charge is -2.42. The zero-order valence-electron chi connectivity index (χ0n) is 20.6. The lowest BCUT2D eigenvalue weighted by Crippen LogP contribution is -2.51. The summed E-state index contributed by atoms with van der Waals surface area (Å²) in [6, 6.07) is 6.61. The second kappa shape index (κ2) is 10.9. The minimum atomic E-state index is -4.03. The summed E-state index contributed by atoms with van der Waals surface area (Å²) in [4.78, 5) is 24.8. The van der Waals surface area contributed by atoms with E-state index in [1.807, 2.05) is 0 Å². The molecule has 4 rings (SSSR count). The van der Waals surface area contributed by atoms with E-state index in [4.69, 9.17) is 11.6 Å². The fourth-order valence-corrected chi connectivity index (χ4v) is 7.95. The van der Waals surface area contributed by atoms with Crippen molar-refractivity contribution >= 4 is 38.9 Å². The first-order valence-corrected chi connectivity index (χ1v) is 14.2. The summed E-state index contributed by atoms with van der Waals surface area (Å²) >= 11 is 6.25. The molecule has 0 heterocycles. The third kappa shape index (κ3) is 5.70. The van der Waals surface area contributed by atoms with E-state index < -0.39 is 62.1 Å². The molecule has 2 aromatic rings. The Kier molecular flexibility index (Phi) is 8.13. The highest BCUT2D eigenvalue weighted by molar-refractivity contribution is 7.92. The van der Waals surface area contributed by atoms with Gasteiger partial charge in [0, 0.05) is 23.9 Å². The number of hydrogen-bond donors (Lipinski definition) is 4. The second-order valence-electron chi connectivity index (χ2n) is 10.2. The van der Waals surface area contributed by atoms with Crippen molar-refractivity contribution in [1.82, 2.24) is 5.32 Å². The molecule has 0 aromatic heterocycles. The van der Waals surface area contributed by atoms with Crippen LogP contribution in [0.3, 0.4) is 0 Å². The number of carbonyl (C=O) groups is 2. The summed E-state index contributed by atoms with van der Waals surface area (Å²) in [5.74, 6) is -4.19. The Bertz CT molecular complexity index is 1340. The van der Waals surface area contributed by atoms with Gasteiger partial charge >= 0.3 is 0 Å². The van der Waals surface area contributed by atoms with E-state index in [1.54, 1.807) is 0 Å². The van der Waals surface area contributed by atoms with Crippen LogP contribution >= 0.6 is 11.6 Å². The van der Waals surface area contributed by atoms with Crippen molar-refractivity contribution < 1.29 is 37.0 Å². The Balaban J connectivity index is 1.51. The molecule has 2 amide bonds. The molecule has 0 saturated heterocycles. The summed E-state index contributed by atoms with van der Waals surface area (Å²) in [5, 5.41) is 24.8. The van der Waals surface area contributed by atoms with Gasteiger partial charge in [-0.3, -0.25) is 9.59 Å². The zero-order valence-corrected chi connectivity index (χ0v) is 22.2. The van der Waals surface area contributed by atoms with Gasteiger partial charge in [-0.15, -0.1) is 0 Å². The first-order valence-electron chi connectivity index (χ1n) is 12.3. The highest BCUT2D eigenvalue weighted by Crippen LogP contribution is 2.53. The number of anilines is 1. The van der Waals surface area contributed by atoms with Crippen molar-refractivity contribution in [2.45, 2.75) is 60.9 Å². The number of carbonyl (C=O) groups excluding carboxylic acids is 2. The standard InChI is InChI=1S/C26H29ClF2N2O6S/c1-14(32)13-30-24(33)12-26(35)16-3-4-17(26)10-19(9-16)38(36,37)23-8-15(2-6-20(23)27)25(34)31-18-5-7-21(28)22(29)11-18/h2,5-8,11,14,16-17,19,32,35H,3-4,9-10,12-13H2,1H3,(H,30,33)(H,31,34)/t14-,16-,17?,19-,26-/m1/s1. The molecule has 38 heavy (non-hydrogen) atoms. The number of sulfone groups is 1. The topological polar surface area (TPSA) is 133 Å². The first-order chi connectivity index (χ1) is 17.8. The lowest BCUT2D eigenvalue weighted by atomic mass is 9.72. The molecule has 0 spiro atoms. The average Bonchev–Trinajstić information content (AvgIpc) is 3.00. The molecule has 0 radical (unpaired) electrons. The van der Waals surface area contributed by atoms with E-state index in [0.29, 0.717) is 12.8 Å². The van der Waals surface area contributed by atoms with Crippen LogP contribution in [0.4, 0.5) is 14.5 Å². The summed E-state index contributed by atoms with van der Waals surface area (Å²) in [6.45, 7) is 1.58. The molecular formula is C26H29ClF2N2O6S. The van der Waals surface area contributed by atoms with Crippen molar-refractivity contribution in [3.8, 4) is 0 Å². The molecule has 8 nitrogen and oxygen atoms in total. The number of aliphatic hydroxyl groups excluding tert-OH is 1. The number of hydrogen-bond acceptors (Lipinski definition) is 6. The van der Waals surface area contributed by atoms with Crippen LogP contribution in [0.5, 0.6) is 0 Å². The molecule has 2 fully saturated rings. The SMILES string of the molecule is C[C@@H](O)CNC(=O)C[C@]1(O)C2CC[C@@H]1C[C@@H](S(=O)(=O)c1cc(C(=O)Nc3ccc(F)c(F)c3)ccc1Cl)C2. The van der Waals surface area contributed by atoms with Gasteiger partial charge in [0.05, 0.1) is 33.3 Å². The van der Waals surface area contributed by atoms with Gasteiger partial charge in [-0.1, -0.05) is 11.6 Å². The van der Waals surface area contributed by atoms with Gasteiger partial charge in [-0.05, 0) is 74.8 Å². The fourth-order valence-electron chi connectivity index (χ4n) is 5.55. The third-order valence-corrected chi connectivity index (χ3v) is 10.2. The molecule has 206 valence electrons. The normalized spacial score (nSPS) is 25.6. The van der Waals surface area contributed by atoms with E-state index in [0.717, 1.165) is 18.2 Å². The third-order valence-electron chi connectivity index (χ3n) is 7.53. The minimum Gasteiger partial charge on any atom is -0.392 e. The van der Waals surface area contributed by atoms with Crippen LogP contribution in [0.2, 0.25) is 5.02 Å². The molecule has 5 atom stereocenters. The van der Waals surface area contributed by atoms with Gasteiger partial charge in [0.25, 0.3) is 5.91 Å². The molecule has 2 aromatic carbocycles. The number of nitrogens with one attached hydrogen (secondary N) is 2. The molecule has 2 aliphatic carbocycles. The molecule has 2 bridgehead atoms. The Morgan fingerprint density at radius 2 is 1.76 bits per heavy atom. The monoisotopic (exact) mass is 570 g/mol. The molecule has 1 unspecified atom stereocenters. The van der Waals surface area contributed by atoms with Crippen LogP contribution in [0, 0.1) is 23.5 Å². The first kappa shape index (κ1) is 28.4. The van der Waals surface area contributed by atoms with Crippen LogP contribution < -0.4 is 10.6 Å². The Labute approximate surface area is 224 Å². The van der Waals surface area contributed by atoms with Crippen LogP contribution in [0.15, 0.2) is 41.3 Å². The Hall–Kier alpha value is -2.60. The maximum atomic E-state index is 13.7. The maximum Gasteiger partial charge on any atom is 0.255 e. The highest BCUT2D eigenvalue weighted by Gasteiger charge is 2.56. The van der Waals surface area contributed by atoms with Crippen molar-refractivity contribution in [1.29, 1.82) is 0 Å². The molecule has 12 heteroatoms. The van der Waals surface area contributed by atoms with Crippen LogP contribution in [-0.4, -0.2) is 53.9 Å². The number of amides is 2. The number of benzene rings is 2. The van der Waals surface area contributed by atoms with E-state index in [2.05, 4.69) is 10.6 Å². The van der Waals surface area contributed by atoms with Crippen LogP contribution in [0.25, 0.3) is 0 Å². The zero-order chi connectivity index (χ0) is 27.8. The van der Waals surface area contributed by atoms with Gasteiger partial charge in [0.15, 0.2) is 21.5 Å². The molecule has 4 N–H and O–H groups in total. The average molecular weight is 571 g/mol. The lowest BCUT2D eigenvalue weighted by molar-refractivity contribution is -0.133. The summed E-state index contributed by atoms with van der Waals surface area (Å²) in [6.07, 6.45) is 0.483. The Morgan fingerprint density at radius 3 is 2.37 bits per heavy atom. The summed E-state index contributed by atoms with van der Waals surface area (Å²) in [5.41, 5.74) is -1.39. The quantitative estimate of drug-likeness (QED) is 0.384. The summed E-state index contributed by atoms with van der Waals surface area (Å²) < 4.78 is 54.0. The minimum absolute atomic E-state index is 0.00567. The van der Waals surface area contributed by atoms with E-state index in [-0.39, 0.29) is 47.0 Å². The summed E-state index contributed by atoms with van der Waals surface area (Å²) in [7, 11) is -4.03. The largest absolute Gasteiger partial charge is 0.392 e. The van der Waals surface area contributed by atoms with Gasteiger partial charge in [-0.25, -0.2) is 17.2 Å².